The van der Waals surface area contributed by atoms with Gasteiger partial charge in [0, 0.05) is 12.6 Å². The largest absolute Gasteiger partial charge is 0.484 e. The zero-order chi connectivity index (χ0) is 19.9. The number of carbonyl (C=O) groups is 1. The maximum Gasteiger partial charge on any atom is 0.260 e. The summed E-state index contributed by atoms with van der Waals surface area (Å²) in [6, 6.07) is 19.2. The van der Waals surface area contributed by atoms with Gasteiger partial charge in [0.05, 0.1) is 4.58 Å². The molecule has 0 radical (unpaired) electrons. The van der Waals surface area contributed by atoms with E-state index in [-0.39, 0.29) is 12.5 Å². The van der Waals surface area contributed by atoms with Crippen LogP contribution in [0.2, 0.25) is 0 Å². The molecule has 2 aliphatic rings. The van der Waals surface area contributed by atoms with Gasteiger partial charge < -0.3 is 9.64 Å². The van der Waals surface area contributed by atoms with E-state index >= 15 is 0 Å². The Kier molecular flexibility index (Phi) is 7.44. The first kappa shape index (κ1) is 20.7. The van der Waals surface area contributed by atoms with Crippen LogP contribution in [0, 0.1) is 0 Å². The highest BCUT2D eigenvalue weighted by molar-refractivity contribution is 8.16. The molecule has 2 fully saturated rings. The van der Waals surface area contributed by atoms with Gasteiger partial charge in [-0.15, -0.1) is 23.5 Å². The molecule has 0 N–H and O–H groups in total. The number of hydrogen-bond donors (Lipinski definition) is 0. The van der Waals surface area contributed by atoms with Crippen molar-refractivity contribution in [2.24, 2.45) is 0 Å². The Bertz CT molecular complexity index is 775. The molecule has 4 rings (SSSR count). The van der Waals surface area contributed by atoms with Gasteiger partial charge in [-0.2, -0.15) is 0 Å². The van der Waals surface area contributed by atoms with Crippen molar-refractivity contribution in [1.82, 2.24) is 4.90 Å². The molecule has 1 unspecified atom stereocenters. The third-order valence-electron chi connectivity index (χ3n) is 5.65. The van der Waals surface area contributed by atoms with Gasteiger partial charge in [0.1, 0.15) is 5.75 Å². The zero-order valence-electron chi connectivity index (χ0n) is 16.8. The molecule has 29 heavy (non-hydrogen) atoms. The van der Waals surface area contributed by atoms with Gasteiger partial charge in [-0.05, 0) is 66.9 Å². The van der Waals surface area contributed by atoms with Gasteiger partial charge in [0.2, 0.25) is 0 Å². The molecule has 2 heterocycles. The summed E-state index contributed by atoms with van der Waals surface area (Å²) in [4.78, 5) is 14.8. The van der Waals surface area contributed by atoms with Crippen LogP contribution in [0.1, 0.15) is 41.4 Å². The molecule has 154 valence electrons. The third-order valence-corrected chi connectivity index (χ3v) is 8.66. The van der Waals surface area contributed by atoms with Crippen LogP contribution >= 0.6 is 23.5 Å². The molecule has 0 aliphatic carbocycles. The molecule has 0 aromatic heterocycles. The van der Waals surface area contributed by atoms with Gasteiger partial charge in [-0.3, -0.25) is 4.79 Å². The lowest BCUT2D eigenvalue weighted by molar-refractivity contribution is -0.134. The van der Waals surface area contributed by atoms with E-state index in [4.69, 9.17) is 4.74 Å². The number of aryl methyl sites for hydroxylation is 1. The SMILES string of the molecule is O=C(COc1ccc(C2SCCCS2)cc1)N1CCCC1CCc1ccccc1. The highest BCUT2D eigenvalue weighted by atomic mass is 32.2. The standard InChI is InChI=1S/C24H29NO2S2/c26-23(25-15-4-8-21(25)12-9-19-6-2-1-3-7-19)18-27-22-13-10-20(11-14-22)24-28-16-5-17-29-24/h1-3,6-7,10-11,13-14,21,24H,4-5,8-9,12,15-18H2. The van der Waals surface area contributed by atoms with E-state index in [2.05, 4.69) is 36.4 Å². The van der Waals surface area contributed by atoms with Crippen molar-refractivity contribution in [2.45, 2.75) is 42.7 Å². The van der Waals surface area contributed by atoms with Crippen LogP contribution < -0.4 is 4.74 Å². The molecule has 0 saturated carbocycles. The molecule has 2 aliphatic heterocycles. The number of likely N-dealkylation sites (tertiary alicyclic amines) is 1. The molecular formula is C24H29NO2S2. The third kappa shape index (κ3) is 5.73. The van der Waals surface area contributed by atoms with Crippen LogP contribution in [-0.4, -0.2) is 41.5 Å². The molecule has 1 amide bonds. The number of amides is 1. The molecule has 3 nitrogen and oxygen atoms in total. The van der Waals surface area contributed by atoms with Crippen molar-refractivity contribution < 1.29 is 9.53 Å². The van der Waals surface area contributed by atoms with E-state index in [0.29, 0.717) is 10.6 Å². The maximum atomic E-state index is 12.7. The molecule has 1 atom stereocenters. The molecule has 2 saturated heterocycles. The lowest BCUT2D eigenvalue weighted by Crippen LogP contribution is -2.38. The second-order valence-corrected chi connectivity index (χ2v) is 10.4. The second kappa shape index (κ2) is 10.4. The Morgan fingerprint density at radius 1 is 1.00 bits per heavy atom. The Labute approximate surface area is 182 Å². The van der Waals surface area contributed by atoms with Crippen molar-refractivity contribution in [3.05, 3.63) is 65.7 Å². The van der Waals surface area contributed by atoms with Crippen molar-refractivity contribution in [2.75, 3.05) is 24.7 Å². The minimum Gasteiger partial charge on any atom is -0.484 e. The van der Waals surface area contributed by atoms with Crippen molar-refractivity contribution in [1.29, 1.82) is 0 Å². The highest BCUT2D eigenvalue weighted by Crippen LogP contribution is 2.43. The maximum absolute atomic E-state index is 12.7. The molecule has 2 aromatic rings. The average molecular weight is 428 g/mol. The Morgan fingerprint density at radius 2 is 1.76 bits per heavy atom. The quantitative estimate of drug-likeness (QED) is 0.579. The number of hydrogen-bond acceptors (Lipinski definition) is 4. The monoisotopic (exact) mass is 427 g/mol. The van der Waals surface area contributed by atoms with Gasteiger partial charge in [0.25, 0.3) is 5.91 Å². The zero-order valence-corrected chi connectivity index (χ0v) is 18.4. The van der Waals surface area contributed by atoms with Gasteiger partial charge in [-0.1, -0.05) is 42.5 Å². The molecule has 5 heteroatoms. The normalized spacial score (nSPS) is 20.0. The van der Waals surface area contributed by atoms with Gasteiger partial charge in [0.15, 0.2) is 6.61 Å². The number of thioether (sulfide) groups is 2. The van der Waals surface area contributed by atoms with E-state index in [1.165, 1.54) is 29.1 Å². The first-order chi connectivity index (χ1) is 14.3. The van der Waals surface area contributed by atoms with E-state index in [1.54, 1.807) is 0 Å². The summed E-state index contributed by atoms with van der Waals surface area (Å²) in [5, 5.41) is 0. The molecule has 0 bridgehead atoms. The summed E-state index contributed by atoms with van der Waals surface area (Å²) in [6.45, 7) is 0.991. The van der Waals surface area contributed by atoms with Crippen molar-refractivity contribution in [3.63, 3.8) is 0 Å². The number of rotatable bonds is 7. The van der Waals surface area contributed by atoms with E-state index in [9.17, 15) is 4.79 Å². The van der Waals surface area contributed by atoms with Crippen molar-refractivity contribution in [3.8, 4) is 5.75 Å². The molecule has 2 aromatic carbocycles. The van der Waals surface area contributed by atoms with Crippen LogP contribution in [0.4, 0.5) is 0 Å². The predicted molar refractivity (Wildman–Crippen MR) is 124 cm³/mol. The van der Waals surface area contributed by atoms with Crippen LogP contribution in [0.3, 0.4) is 0 Å². The van der Waals surface area contributed by atoms with E-state index in [1.807, 2.05) is 46.6 Å². The van der Waals surface area contributed by atoms with Gasteiger partial charge in [-0.25, -0.2) is 0 Å². The van der Waals surface area contributed by atoms with E-state index in [0.717, 1.165) is 38.0 Å². The minimum absolute atomic E-state index is 0.114. The van der Waals surface area contributed by atoms with Crippen LogP contribution in [-0.2, 0) is 11.2 Å². The first-order valence-electron chi connectivity index (χ1n) is 10.6. The smallest absolute Gasteiger partial charge is 0.260 e. The number of ether oxygens (including phenoxy) is 1. The predicted octanol–water partition coefficient (Wildman–Crippen LogP) is 5.56. The minimum atomic E-state index is 0.114. The number of carbonyl (C=O) groups excluding carboxylic acids is 1. The number of benzene rings is 2. The molecule has 0 spiro atoms. The first-order valence-corrected chi connectivity index (χ1v) is 12.7. The van der Waals surface area contributed by atoms with Crippen molar-refractivity contribution >= 4 is 29.4 Å². The Balaban J connectivity index is 1.26. The number of nitrogens with zero attached hydrogens (tertiary/aromatic N) is 1. The van der Waals surface area contributed by atoms with Crippen LogP contribution in [0.25, 0.3) is 0 Å². The summed E-state index contributed by atoms with van der Waals surface area (Å²) in [5.41, 5.74) is 2.69. The Hall–Kier alpha value is -1.59. The Morgan fingerprint density at radius 3 is 2.52 bits per heavy atom. The fourth-order valence-electron chi connectivity index (χ4n) is 4.07. The highest BCUT2D eigenvalue weighted by Gasteiger charge is 2.28. The summed E-state index contributed by atoms with van der Waals surface area (Å²) >= 11 is 4.04. The fraction of sp³-hybridized carbons (Fsp3) is 0.458. The average Bonchev–Trinajstić information content (AvgIpc) is 3.26. The summed E-state index contributed by atoms with van der Waals surface area (Å²) in [6.07, 6.45) is 5.55. The van der Waals surface area contributed by atoms with Crippen LogP contribution in [0.5, 0.6) is 5.75 Å². The van der Waals surface area contributed by atoms with E-state index < -0.39 is 0 Å². The molecular weight excluding hydrogens is 398 g/mol. The fourth-order valence-corrected chi connectivity index (χ4v) is 6.97. The lowest BCUT2D eigenvalue weighted by Gasteiger charge is -2.25. The summed E-state index contributed by atoms with van der Waals surface area (Å²) in [7, 11) is 0. The summed E-state index contributed by atoms with van der Waals surface area (Å²) in [5.74, 6) is 3.38. The van der Waals surface area contributed by atoms with Crippen LogP contribution in [0.15, 0.2) is 54.6 Å². The lowest BCUT2D eigenvalue weighted by atomic mass is 10.0. The van der Waals surface area contributed by atoms with Gasteiger partial charge >= 0.3 is 0 Å². The summed E-state index contributed by atoms with van der Waals surface area (Å²) < 4.78 is 6.37. The second-order valence-electron chi connectivity index (χ2n) is 7.69. The topological polar surface area (TPSA) is 29.5 Å².